The average Bonchev–Trinajstić information content (AvgIpc) is 2.22. The third-order valence-corrected chi connectivity index (χ3v) is 3.07. The largest absolute Gasteiger partial charge is 0.327 e. The first-order valence-corrected chi connectivity index (χ1v) is 5.38. The number of hydrogen-bond acceptors (Lipinski definition) is 1. The van der Waals surface area contributed by atoms with Gasteiger partial charge in [0.15, 0.2) is 0 Å². The summed E-state index contributed by atoms with van der Waals surface area (Å²) in [7, 11) is 0. The minimum absolute atomic E-state index is 0. The van der Waals surface area contributed by atoms with Gasteiger partial charge < -0.3 is 5.73 Å². The van der Waals surface area contributed by atoms with Crippen LogP contribution in [0.25, 0.3) is 0 Å². The van der Waals surface area contributed by atoms with Crippen LogP contribution in [-0.4, -0.2) is 12.7 Å². The zero-order valence-corrected chi connectivity index (χ0v) is 9.74. The average molecular weight is 240 g/mol. The molecule has 0 atom stereocenters. The number of rotatable bonds is 4. The zero-order chi connectivity index (χ0) is 10.4. The van der Waals surface area contributed by atoms with Crippen molar-refractivity contribution in [3.05, 3.63) is 11.9 Å². The van der Waals surface area contributed by atoms with Crippen molar-refractivity contribution in [1.29, 1.82) is 0 Å². The van der Waals surface area contributed by atoms with E-state index in [1.807, 2.05) is 0 Å². The quantitative estimate of drug-likeness (QED) is 0.798. The minimum atomic E-state index is -0.600. The van der Waals surface area contributed by atoms with Crippen LogP contribution >= 0.6 is 12.4 Å². The van der Waals surface area contributed by atoms with E-state index < -0.39 is 6.17 Å². The SMILES string of the molecule is Cl.NC/C(=C\F)CCC1CCC(F)CC1. The monoisotopic (exact) mass is 239 g/mol. The van der Waals surface area contributed by atoms with E-state index in [1.165, 1.54) is 0 Å². The van der Waals surface area contributed by atoms with Gasteiger partial charge in [0.1, 0.15) is 6.17 Å². The molecule has 2 N–H and O–H groups in total. The summed E-state index contributed by atoms with van der Waals surface area (Å²) >= 11 is 0. The lowest BCUT2D eigenvalue weighted by Crippen LogP contribution is -2.15. The fourth-order valence-corrected chi connectivity index (χ4v) is 2.00. The summed E-state index contributed by atoms with van der Waals surface area (Å²) in [5.41, 5.74) is 6.03. The summed E-state index contributed by atoms with van der Waals surface area (Å²) in [6, 6.07) is 0. The Morgan fingerprint density at radius 1 is 1.27 bits per heavy atom. The third kappa shape index (κ3) is 5.47. The van der Waals surface area contributed by atoms with Crippen LogP contribution in [0, 0.1) is 5.92 Å². The topological polar surface area (TPSA) is 26.0 Å². The first kappa shape index (κ1) is 14.8. The fraction of sp³-hybridized carbons (Fsp3) is 0.818. The molecule has 0 heterocycles. The normalized spacial score (nSPS) is 27.3. The Balaban J connectivity index is 0.00000196. The van der Waals surface area contributed by atoms with Crippen LogP contribution in [0.5, 0.6) is 0 Å². The Hall–Kier alpha value is -0.150. The van der Waals surface area contributed by atoms with Crippen LogP contribution < -0.4 is 5.73 Å². The molecule has 0 aromatic rings. The van der Waals surface area contributed by atoms with E-state index >= 15 is 0 Å². The summed E-state index contributed by atoms with van der Waals surface area (Å²) in [5.74, 6) is 0.573. The van der Waals surface area contributed by atoms with Gasteiger partial charge >= 0.3 is 0 Å². The van der Waals surface area contributed by atoms with Gasteiger partial charge in [-0.05, 0) is 50.0 Å². The molecule has 0 bridgehead atoms. The molecule has 1 saturated carbocycles. The minimum Gasteiger partial charge on any atom is -0.327 e. The molecule has 0 spiro atoms. The Morgan fingerprint density at radius 2 is 1.87 bits per heavy atom. The predicted molar refractivity (Wildman–Crippen MR) is 61.6 cm³/mol. The van der Waals surface area contributed by atoms with E-state index in [0.717, 1.165) is 25.7 Å². The van der Waals surface area contributed by atoms with Crippen molar-refractivity contribution in [3.8, 4) is 0 Å². The van der Waals surface area contributed by atoms with Crippen molar-refractivity contribution >= 4 is 12.4 Å². The molecule has 1 aliphatic rings. The van der Waals surface area contributed by atoms with Crippen molar-refractivity contribution < 1.29 is 8.78 Å². The fourth-order valence-electron chi connectivity index (χ4n) is 2.00. The molecule has 0 radical (unpaired) electrons. The second-order valence-electron chi connectivity index (χ2n) is 4.13. The summed E-state index contributed by atoms with van der Waals surface area (Å²) in [5, 5.41) is 0. The van der Waals surface area contributed by atoms with Crippen molar-refractivity contribution in [2.75, 3.05) is 6.54 Å². The maximum absolute atomic E-state index is 12.8. The van der Waals surface area contributed by atoms with Gasteiger partial charge in [0, 0.05) is 6.54 Å². The van der Waals surface area contributed by atoms with Crippen molar-refractivity contribution in [2.24, 2.45) is 11.7 Å². The van der Waals surface area contributed by atoms with E-state index in [0.29, 0.717) is 37.2 Å². The number of alkyl halides is 1. The molecule has 0 unspecified atom stereocenters. The standard InChI is InChI=1S/C11H19F2N.ClH/c12-7-10(8-14)2-1-9-3-5-11(13)6-4-9;/h7,9,11H,1-6,8,14H2;1H/b10-7-;. The van der Waals surface area contributed by atoms with E-state index in [4.69, 9.17) is 5.73 Å². The van der Waals surface area contributed by atoms with Crippen LogP contribution in [0.1, 0.15) is 38.5 Å². The van der Waals surface area contributed by atoms with Gasteiger partial charge in [0.2, 0.25) is 0 Å². The summed E-state index contributed by atoms with van der Waals surface area (Å²) in [6.45, 7) is 0.301. The molecular formula is C11H20ClF2N. The second-order valence-corrected chi connectivity index (χ2v) is 4.13. The Kier molecular flexibility index (Phi) is 7.97. The summed E-state index contributed by atoms with van der Waals surface area (Å²) in [4.78, 5) is 0. The lowest BCUT2D eigenvalue weighted by molar-refractivity contribution is 0.201. The molecule has 0 aliphatic heterocycles. The van der Waals surface area contributed by atoms with Gasteiger partial charge in [-0.2, -0.15) is 0 Å². The van der Waals surface area contributed by atoms with E-state index in [-0.39, 0.29) is 12.4 Å². The van der Waals surface area contributed by atoms with Gasteiger partial charge in [-0.15, -0.1) is 12.4 Å². The second kappa shape index (κ2) is 8.05. The van der Waals surface area contributed by atoms with E-state index in [1.54, 1.807) is 0 Å². The molecule has 4 heteroatoms. The molecular weight excluding hydrogens is 220 g/mol. The highest BCUT2D eigenvalue weighted by Crippen LogP contribution is 2.30. The maximum atomic E-state index is 12.8. The van der Waals surface area contributed by atoms with Crippen LogP contribution in [0.3, 0.4) is 0 Å². The molecule has 90 valence electrons. The molecule has 0 aromatic carbocycles. The van der Waals surface area contributed by atoms with Crippen molar-refractivity contribution in [1.82, 2.24) is 0 Å². The molecule has 1 aliphatic carbocycles. The first-order chi connectivity index (χ1) is 6.76. The van der Waals surface area contributed by atoms with Crippen LogP contribution in [-0.2, 0) is 0 Å². The Labute approximate surface area is 96.5 Å². The molecule has 0 saturated heterocycles. The van der Waals surface area contributed by atoms with Crippen LogP contribution in [0.2, 0.25) is 0 Å². The molecule has 1 nitrogen and oxygen atoms in total. The Morgan fingerprint density at radius 3 is 2.33 bits per heavy atom. The molecule has 0 aromatic heterocycles. The third-order valence-electron chi connectivity index (χ3n) is 3.07. The highest BCUT2D eigenvalue weighted by Gasteiger charge is 2.20. The van der Waals surface area contributed by atoms with Crippen LogP contribution in [0.15, 0.2) is 11.9 Å². The van der Waals surface area contributed by atoms with Gasteiger partial charge in [-0.25, -0.2) is 8.78 Å². The summed E-state index contributed by atoms with van der Waals surface area (Å²) in [6.07, 6.45) is 4.97. The van der Waals surface area contributed by atoms with E-state index in [9.17, 15) is 8.78 Å². The molecule has 0 amide bonds. The molecule has 1 rings (SSSR count). The van der Waals surface area contributed by atoms with Gasteiger partial charge in [0.05, 0.1) is 6.33 Å². The van der Waals surface area contributed by atoms with Gasteiger partial charge in [0.25, 0.3) is 0 Å². The van der Waals surface area contributed by atoms with Crippen LogP contribution in [0.4, 0.5) is 8.78 Å². The highest BCUT2D eigenvalue weighted by atomic mass is 35.5. The smallest absolute Gasteiger partial charge is 0.100 e. The van der Waals surface area contributed by atoms with E-state index in [2.05, 4.69) is 0 Å². The number of halogens is 3. The predicted octanol–water partition coefficient (Wildman–Crippen LogP) is 3.53. The van der Waals surface area contributed by atoms with Gasteiger partial charge in [-0.3, -0.25) is 0 Å². The van der Waals surface area contributed by atoms with Crippen molar-refractivity contribution in [3.63, 3.8) is 0 Å². The first-order valence-electron chi connectivity index (χ1n) is 5.38. The summed E-state index contributed by atoms with van der Waals surface area (Å²) < 4.78 is 25.0. The maximum Gasteiger partial charge on any atom is 0.100 e. The lowest BCUT2D eigenvalue weighted by Gasteiger charge is -2.24. The van der Waals surface area contributed by atoms with Crippen molar-refractivity contribution in [2.45, 2.75) is 44.7 Å². The number of nitrogens with two attached hydrogens (primary N) is 1. The molecule has 15 heavy (non-hydrogen) atoms. The zero-order valence-electron chi connectivity index (χ0n) is 8.92. The Bertz CT molecular complexity index is 189. The highest BCUT2D eigenvalue weighted by molar-refractivity contribution is 5.85. The number of hydrogen-bond donors (Lipinski definition) is 1. The lowest BCUT2D eigenvalue weighted by atomic mass is 9.84. The molecule has 1 fully saturated rings. The van der Waals surface area contributed by atoms with Gasteiger partial charge in [-0.1, -0.05) is 0 Å².